The van der Waals surface area contributed by atoms with Crippen molar-refractivity contribution < 1.29 is 22.7 Å². The largest absolute Gasteiger partial charge is 0.493 e. The maximum absolute atomic E-state index is 14.0. The summed E-state index contributed by atoms with van der Waals surface area (Å²) in [6.45, 7) is 9.21. The molecule has 0 radical (unpaired) electrons. The van der Waals surface area contributed by atoms with Gasteiger partial charge >= 0.3 is 0 Å². The second kappa shape index (κ2) is 13.5. The Morgan fingerprint density at radius 2 is 1.79 bits per heavy atom. The van der Waals surface area contributed by atoms with Crippen LogP contribution >= 0.6 is 11.8 Å². The van der Waals surface area contributed by atoms with E-state index in [4.69, 9.17) is 9.47 Å². The molecule has 0 bridgehead atoms. The van der Waals surface area contributed by atoms with E-state index in [1.165, 1.54) is 16.1 Å². The zero-order chi connectivity index (χ0) is 30.7. The normalized spacial score (nSPS) is 19.9. The van der Waals surface area contributed by atoms with Crippen LogP contribution in [-0.2, 0) is 16.6 Å². The van der Waals surface area contributed by atoms with Crippen LogP contribution in [0.5, 0.6) is 11.5 Å². The number of piperazine rings is 1. The SMILES string of the molecule is COc1ccc([C@@H](CCCN(C)S(=O)(=O)C2CC=CS2)N2Cc3c(cccc3N3CCN(C(C)C)CC3)C2=O)cc1OC. The number of carbonyl (C=O) groups excluding carboxylic acids is 1. The Morgan fingerprint density at radius 1 is 1.05 bits per heavy atom. The Labute approximate surface area is 260 Å². The topological polar surface area (TPSA) is 82.6 Å². The van der Waals surface area contributed by atoms with Crippen molar-refractivity contribution in [2.24, 2.45) is 0 Å². The molecule has 11 heteroatoms. The predicted octanol–water partition coefficient (Wildman–Crippen LogP) is 4.95. The van der Waals surface area contributed by atoms with E-state index in [0.29, 0.717) is 49.9 Å². The number of benzene rings is 2. The fraction of sp³-hybridized carbons (Fsp3) is 0.531. The molecule has 5 rings (SSSR count). The number of hydrogen-bond donors (Lipinski definition) is 0. The zero-order valence-electron chi connectivity index (χ0n) is 25.9. The van der Waals surface area contributed by atoms with Gasteiger partial charge in [0, 0.05) is 69.2 Å². The number of methoxy groups -OCH3 is 2. The predicted molar refractivity (Wildman–Crippen MR) is 173 cm³/mol. The molecule has 3 aliphatic rings. The van der Waals surface area contributed by atoms with Crippen LogP contribution in [0.2, 0.25) is 0 Å². The van der Waals surface area contributed by atoms with Crippen molar-refractivity contribution in [2.45, 2.75) is 56.3 Å². The number of nitrogens with zero attached hydrogens (tertiary/aromatic N) is 4. The van der Waals surface area contributed by atoms with Gasteiger partial charge in [-0.25, -0.2) is 12.7 Å². The molecular weight excluding hydrogens is 585 g/mol. The molecule has 2 atom stereocenters. The molecule has 0 spiro atoms. The van der Waals surface area contributed by atoms with Gasteiger partial charge in [-0.05, 0) is 68.3 Å². The monoisotopic (exact) mass is 628 g/mol. The molecule has 2 aromatic rings. The van der Waals surface area contributed by atoms with E-state index >= 15 is 0 Å². The van der Waals surface area contributed by atoms with Crippen LogP contribution in [0.4, 0.5) is 5.69 Å². The highest BCUT2D eigenvalue weighted by molar-refractivity contribution is 8.14. The Morgan fingerprint density at radius 3 is 2.44 bits per heavy atom. The molecule has 43 heavy (non-hydrogen) atoms. The number of anilines is 1. The third-order valence-corrected chi connectivity index (χ3v) is 12.7. The Balaban J connectivity index is 1.38. The first-order valence-corrected chi connectivity index (χ1v) is 17.5. The minimum Gasteiger partial charge on any atom is -0.493 e. The summed E-state index contributed by atoms with van der Waals surface area (Å²) in [5, 5.41) is 1.86. The smallest absolute Gasteiger partial charge is 0.255 e. The lowest BCUT2D eigenvalue weighted by atomic mass is 9.99. The van der Waals surface area contributed by atoms with Gasteiger partial charge in [-0.15, -0.1) is 11.8 Å². The summed E-state index contributed by atoms with van der Waals surface area (Å²) in [4.78, 5) is 20.9. The molecule has 9 nitrogen and oxygen atoms in total. The van der Waals surface area contributed by atoms with Gasteiger partial charge in [0.1, 0.15) is 4.58 Å². The van der Waals surface area contributed by atoms with Crippen molar-refractivity contribution in [2.75, 3.05) is 58.9 Å². The van der Waals surface area contributed by atoms with E-state index in [9.17, 15) is 13.2 Å². The van der Waals surface area contributed by atoms with Crippen molar-refractivity contribution in [1.82, 2.24) is 14.1 Å². The summed E-state index contributed by atoms with van der Waals surface area (Å²) in [5.74, 6) is 1.23. The number of amides is 1. The fourth-order valence-corrected chi connectivity index (χ4v) is 9.27. The minimum absolute atomic E-state index is 0.00635. The highest BCUT2D eigenvalue weighted by atomic mass is 32.3. The molecular formula is C32H44N4O5S2. The van der Waals surface area contributed by atoms with E-state index in [0.717, 1.165) is 48.6 Å². The molecule has 2 aromatic carbocycles. The van der Waals surface area contributed by atoms with Crippen LogP contribution in [0.25, 0.3) is 0 Å². The molecule has 0 aliphatic carbocycles. The van der Waals surface area contributed by atoms with Crippen LogP contribution in [0, 0.1) is 0 Å². The van der Waals surface area contributed by atoms with Crippen molar-refractivity contribution in [3.8, 4) is 11.5 Å². The lowest BCUT2D eigenvalue weighted by molar-refractivity contribution is 0.0687. The van der Waals surface area contributed by atoms with Crippen LogP contribution in [0.1, 0.15) is 60.6 Å². The first-order chi connectivity index (χ1) is 20.6. The number of sulfonamides is 1. The van der Waals surface area contributed by atoms with E-state index < -0.39 is 14.6 Å². The van der Waals surface area contributed by atoms with Gasteiger partial charge in [0.05, 0.1) is 20.3 Å². The number of thioether (sulfide) groups is 1. The molecule has 1 fully saturated rings. The minimum atomic E-state index is -3.41. The van der Waals surface area contributed by atoms with E-state index in [2.05, 4.69) is 29.7 Å². The standard InChI is InChI=1S/C32H44N4O5S2/c1-23(2)34-16-18-35(19-17-34)28-10-6-9-25-26(28)22-36(32(25)37)27(24-13-14-29(40-4)30(21-24)41-5)11-7-15-33(3)43(38,39)31-12-8-20-42-31/h6,8-10,13-14,20-21,23,27,31H,7,11-12,15-19,22H2,1-5H3/t27-,31?/m1/s1. The van der Waals surface area contributed by atoms with Crippen LogP contribution in [0.3, 0.4) is 0 Å². The number of fused-ring (bicyclic) bond motifs is 1. The first kappa shape index (κ1) is 31.7. The van der Waals surface area contributed by atoms with Crippen LogP contribution in [0.15, 0.2) is 47.9 Å². The van der Waals surface area contributed by atoms with Gasteiger partial charge in [-0.3, -0.25) is 9.69 Å². The number of rotatable bonds is 12. The summed E-state index contributed by atoms with van der Waals surface area (Å²) >= 11 is 1.35. The molecule has 0 aromatic heterocycles. The van der Waals surface area contributed by atoms with Crippen molar-refractivity contribution >= 4 is 33.4 Å². The second-order valence-electron chi connectivity index (χ2n) is 11.7. The lowest BCUT2D eigenvalue weighted by Gasteiger charge is -2.38. The third-order valence-electron chi connectivity index (χ3n) is 8.90. The average Bonchev–Trinajstić information content (AvgIpc) is 3.68. The van der Waals surface area contributed by atoms with Gasteiger partial charge in [-0.2, -0.15) is 0 Å². The maximum Gasteiger partial charge on any atom is 0.255 e. The summed E-state index contributed by atoms with van der Waals surface area (Å²) < 4.78 is 38.3. The molecule has 0 saturated carbocycles. The highest BCUT2D eigenvalue weighted by Gasteiger charge is 2.37. The van der Waals surface area contributed by atoms with Crippen molar-refractivity contribution in [3.05, 3.63) is 64.6 Å². The van der Waals surface area contributed by atoms with Gasteiger partial charge in [0.15, 0.2) is 11.5 Å². The summed E-state index contributed by atoms with van der Waals surface area (Å²) in [6.07, 6.45) is 3.64. The zero-order valence-corrected chi connectivity index (χ0v) is 27.5. The summed E-state index contributed by atoms with van der Waals surface area (Å²) in [6, 6.07) is 12.1. The van der Waals surface area contributed by atoms with Crippen LogP contribution in [-0.4, -0.2) is 93.0 Å². The van der Waals surface area contributed by atoms with E-state index in [1.54, 1.807) is 21.3 Å². The van der Waals surface area contributed by atoms with Gasteiger partial charge in [0.2, 0.25) is 10.0 Å². The summed E-state index contributed by atoms with van der Waals surface area (Å²) in [7, 11) is 1.45. The third kappa shape index (κ3) is 6.55. The number of ether oxygens (including phenoxy) is 2. The maximum atomic E-state index is 14.0. The number of allylic oxidation sites excluding steroid dienone is 1. The quantitative estimate of drug-likeness (QED) is 0.327. The average molecular weight is 629 g/mol. The molecule has 3 heterocycles. The number of carbonyl (C=O) groups is 1. The Kier molecular flexibility index (Phi) is 9.95. The fourth-order valence-electron chi connectivity index (χ4n) is 6.32. The Bertz CT molecular complexity index is 1430. The van der Waals surface area contributed by atoms with Gasteiger partial charge < -0.3 is 19.3 Å². The molecule has 3 aliphatic heterocycles. The van der Waals surface area contributed by atoms with E-state index in [-0.39, 0.29) is 11.9 Å². The molecule has 1 saturated heterocycles. The van der Waals surface area contributed by atoms with Gasteiger partial charge in [0.25, 0.3) is 5.91 Å². The molecule has 0 N–H and O–H groups in total. The van der Waals surface area contributed by atoms with E-state index in [1.807, 2.05) is 46.7 Å². The number of hydrogen-bond acceptors (Lipinski definition) is 8. The first-order valence-electron chi connectivity index (χ1n) is 15.0. The van der Waals surface area contributed by atoms with Gasteiger partial charge in [-0.1, -0.05) is 18.2 Å². The summed E-state index contributed by atoms with van der Waals surface area (Å²) in [5.41, 5.74) is 3.89. The molecule has 1 amide bonds. The van der Waals surface area contributed by atoms with Crippen molar-refractivity contribution in [1.29, 1.82) is 0 Å². The molecule has 234 valence electrons. The highest BCUT2D eigenvalue weighted by Crippen LogP contribution is 2.41. The lowest BCUT2D eigenvalue weighted by Crippen LogP contribution is -2.49. The second-order valence-corrected chi connectivity index (χ2v) is 15.3. The molecule has 1 unspecified atom stereocenters. The van der Waals surface area contributed by atoms with Crippen LogP contribution < -0.4 is 14.4 Å². The van der Waals surface area contributed by atoms with Crippen molar-refractivity contribution in [3.63, 3.8) is 0 Å². The Hall–Kier alpha value is -2.73.